The molecule has 0 saturated carbocycles. The summed E-state index contributed by atoms with van der Waals surface area (Å²) in [6, 6.07) is 6.50. The molecular weight excluding hydrogens is 212 g/mol. The van der Waals surface area contributed by atoms with E-state index in [9.17, 15) is 0 Å². The number of hydrogen-bond donors (Lipinski definition) is 1. The summed E-state index contributed by atoms with van der Waals surface area (Å²) in [6.07, 6.45) is 6.40. The van der Waals surface area contributed by atoms with Gasteiger partial charge in [0.05, 0.1) is 11.7 Å². The predicted octanol–water partition coefficient (Wildman–Crippen LogP) is 1.43. The molecule has 0 spiro atoms. The summed E-state index contributed by atoms with van der Waals surface area (Å²) in [5.74, 6) is 0. The van der Waals surface area contributed by atoms with E-state index in [1.165, 1.54) is 6.42 Å². The third-order valence-corrected chi connectivity index (χ3v) is 3.61. The third kappa shape index (κ3) is 1.83. The molecule has 17 heavy (non-hydrogen) atoms. The molecule has 4 nitrogen and oxygen atoms in total. The summed E-state index contributed by atoms with van der Waals surface area (Å²) >= 11 is 0. The maximum atomic E-state index is 6.23. The molecule has 2 aromatic heterocycles. The molecule has 4 heteroatoms. The molecular formula is C13H18N4. The average molecular weight is 230 g/mol. The predicted molar refractivity (Wildman–Crippen MR) is 67.8 cm³/mol. The minimum absolute atomic E-state index is 0.193. The zero-order chi connectivity index (χ0) is 11.8. The number of piperidine rings is 1. The van der Waals surface area contributed by atoms with Crippen molar-refractivity contribution in [3.63, 3.8) is 0 Å². The zero-order valence-electron chi connectivity index (χ0n) is 10.1. The number of nitrogens with zero attached hydrogens (tertiary/aromatic N) is 3. The smallest absolute Gasteiger partial charge is 0.137 e. The van der Waals surface area contributed by atoms with Crippen molar-refractivity contribution in [2.45, 2.75) is 24.9 Å². The fourth-order valence-electron chi connectivity index (χ4n) is 2.74. The number of nitrogens with two attached hydrogens (primary N) is 1. The van der Waals surface area contributed by atoms with Gasteiger partial charge in [0, 0.05) is 18.4 Å². The van der Waals surface area contributed by atoms with Gasteiger partial charge in [0.2, 0.25) is 0 Å². The maximum Gasteiger partial charge on any atom is 0.137 e. The summed E-state index contributed by atoms with van der Waals surface area (Å²) in [5.41, 5.74) is 8.32. The highest BCUT2D eigenvalue weighted by Crippen LogP contribution is 2.28. The van der Waals surface area contributed by atoms with Crippen LogP contribution in [0.1, 0.15) is 24.6 Å². The Morgan fingerprint density at radius 1 is 1.41 bits per heavy atom. The molecule has 90 valence electrons. The molecule has 0 aliphatic carbocycles. The first kappa shape index (κ1) is 10.7. The molecule has 1 fully saturated rings. The lowest BCUT2D eigenvalue weighted by atomic mass is 9.95. The highest BCUT2D eigenvalue weighted by molar-refractivity contribution is 5.40. The number of likely N-dealkylation sites (N-methyl/N-ethyl adjacent to an activating group) is 1. The molecule has 2 atom stereocenters. The van der Waals surface area contributed by atoms with Crippen molar-refractivity contribution in [1.29, 1.82) is 0 Å². The van der Waals surface area contributed by atoms with Crippen molar-refractivity contribution in [2.75, 3.05) is 13.6 Å². The average Bonchev–Trinajstić information content (AvgIpc) is 2.71. The molecule has 1 aliphatic rings. The minimum atomic E-state index is 0.193. The molecule has 0 aromatic carbocycles. The molecule has 1 aliphatic heterocycles. The van der Waals surface area contributed by atoms with E-state index in [0.717, 1.165) is 24.3 Å². The minimum Gasteiger partial charge on any atom is -0.326 e. The van der Waals surface area contributed by atoms with Gasteiger partial charge in [0.25, 0.3) is 0 Å². The summed E-state index contributed by atoms with van der Waals surface area (Å²) < 4.78 is 2.06. The monoisotopic (exact) mass is 230 g/mol. The van der Waals surface area contributed by atoms with Crippen LogP contribution in [0.25, 0.3) is 5.65 Å². The number of pyridine rings is 1. The van der Waals surface area contributed by atoms with Crippen LogP contribution in [-0.4, -0.2) is 33.9 Å². The first-order valence-corrected chi connectivity index (χ1v) is 6.15. The van der Waals surface area contributed by atoms with E-state index in [-0.39, 0.29) is 12.1 Å². The van der Waals surface area contributed by atoms with E-state index in [4.69, 9.17) is 5.73 Å². The Hall–Kier alpha value is -1.39. The molecule has 0 radical (unpaired) electrons. The second kappa shape index (κ2) is 4.13. The van der Waals surface area contributed by atoms with Crippen LogP contribution in [0.2, 0.25) is 0 Å². The van der Waals surface area contributed by atoms with Crippen molar-refractivity contribution in [3.8, 4) is 0 Å². The van der Waals surface area contributed by atoms with Gasteiger partial charge in [0.15, 0.2) is 0 Å². The SMILES string of the molecule is CN1CCCC(N)C1c1cn2ccccc2n1. The Balaban J connectivity index is 2.01. The summed E-state index contributed by atoms with van der Waals surface area (Å²) in [7, 11) is 2.13. The number of imidazole rings is 1. The summed E-state index contributed by atoms with van der Waals surface area (Å²) in [6.45, 7) is 1.10. The fourth-order valence-corrected chi connectivity index (χ4v) is 2.74. The van der Waals surface area contributed by atoms with Crippen molar-refractivity contribution < 1.29 is 0 Å². The molecule has 1 saturated heterocycles. The lowest BCUT2D eigenvalue weighted by Crippen LogP contribution is -2.44. The molecule has 3 rings (SSSR count). The van der Waals surface area contributed by atoms with Crippen LogP contribution < -0.4 is 5.73 Å². The first-order chi connectivity index (χ1) is 8.25. The topological polar surface area (TPSA) is 46.6 Å². The van der Waals surface area contributed by atoms with Gasteiger partial charge in [-0.05, 0) is 38.6 Å². The highest BCUT2D eigenvalue weighted by atomic mass is 15.2. The van der Waals surface area contributed by atoms with Gasteiger partial charge in [-0.25, -0.2) is 4.98 Å². The number of rotatable bonds is 1. The molecule has 2 unspecified atom stereocenters. The van der Waals surface area contributed by atoms with Gasteiger partial charge in [-0.1, -0.05) is 6.07 Å². The Morgan fingerprint density at radius 2 is 2.29 bits per heavy atom. The van der Waals surface area contributed by atoms with E-state index >= 15 is 0 Å². The second-order valence-corrected chi connectivity index (χ2v) is 4.86. The lowest BCUT2D eigenvalue weighted by Gasteiger charge is -2.36. The molecule has 0 amide bonds. The Bertz CT molecular complexity index is 476. The Labute approximate surface area is 101 Å². The quantitative estimate of drug-likeness (QED) is 0.806. The highest BCUT2D eigenvalue weighted by Gasteiger charge is 2.29. The first-order valence-electron chi connectivity index (χ1n) is 6.15. The Kier molecular flexibility index (Phi) is 2.61. The maximum absolute atomic E-state index is 6.23. The number of fused-ring (bicyclic) bond motifs is 1. The van der Waals surface area contributed by atoms with Gasteiger partial charge >= 0.3 is 0 Å². The van der Waals surface area contributed by atoms with Crippen molar-refractivity contribution in [3.05, 3.63) is 36.3 Å². The van der Waals surface area contributed by atoms with Crippen LogP contribution in [0.15, 0.2) is 30.6 Å². The van der Waals surface area contributed by atoms with Gasteiger partial charge < -0.3 is 10.1 Å². The molecule has 3 heterocycles. The van der Waals surface area contributed by atoms with Crippen molar-refractivity contribution >= 4 is 5.65 Å². The van der Waals surface area contributed by atoms with E-state index in [1.807, 2.05) is 24.4 Å². The second-order valence-electron chi connectivity index (χ2n) is 4.86. The van der Waals surface area contributed by atoms with E-state index in [2.05, 4.69) is 27.5 Å². The van der Waals surface area contributed by atoms with Crippen LogP contribution in [0, 0.1) is 0 Å². The van der Waals surface area contributed by atoms with Crippen LogP contribution in [0.5, 0.6) is 0 Å². The van der Waals surface area contributed by atoms with Crippen LogP contribution in [-0.2, 0) is 0 Å². The fraction of sp³-hybridized carbons (Fsp3) is 0.462. The Morgan fingerprint density at radius 3 is 3.06 bits per heavy atom. The van der Waals surface area contributed by atoms with E-state index < -0.39 is 0 Å². The summed E-state index contributed by atoms with van der Waals surface area (Å²) in [5, 5.41) is 0. The van der Waals surface area contributed by atoms with Crippen molar-refractivity contribution in [2.24, 2.45) is 5.73 Å². The van der Waals surface area contributed by atoms with Gasteiger partial charge in [-0.3, -0.25) is 4.90 Å². The van der Waals surface area contributed by atoms with Crippen LogP contribution in [0.3, 0.4) is 0 Å². The number of aromatic nitrogens is 2. The van der Waals surface area contributed by atoms with Gasteiger partial charge in [-0.15, -0.1) is 0 Å². The summed E-state index contributed by atoms with van der Waals surface area (Å²) in [4.78, 5) is 6.99. The van der Waals surface area contributed by atoms with Gasteiger partial charge in [0.1, 0.15) is 5.65 Å². The standard InChI is InChI=1S/C13H18N4/c1-16-7-4-5-10(14)13(16)11-9-17-8-3-2-6-12(17)15-11/h2-3,6,8-10,13H,4-5,7,14H2,1H3. The lowest BCUT2D eigenvalue weighted by molar-refractivity contribution is 0.160. The van der Waals surface area contributed by atoms with E-state index in [0.29, 0.717) is 0 Å². The van der Waals surface area contributed by atoms with Crippen molar-refractivity contribution in [1.82, 2.24) is 14.3 Å². The van der Waals surface area contributed by atoms with Crippen LogP contribution >= 0.6 is 0 Å². The van der Waals surface area contributed by atoms with E-state index in [1.54, 1.807) is 0 Å². The number of hydrogen-bond acceptors (Lipinski definition) is 3. The molecule has 0 bridgehead atoms. The third-order valence-electron chi connectivity index (χ3n) is 3.61. The molecule has 2 N–H and O–H groups in total. The largest absolute Gasteiger partial charge is 0.326 e. The normalized spacial score (nSPS) is 26.5. The van der Waals surface area contributed by atoms with Gasteiger partial charge in [-0.2, -0.15) is 0 Å². The number of likely N-dealkylation sites (tertiary alicyclic amines) is 1. The zero-order valence-corrected chi connectivity index (χ0v) is 10.1. The van der Waals surface area contributed by atoms with Crippen LogP contribution in [0.4, 0.5) is 0 Å². The molecule has 2 aromatic rings.